The fourth-order valence-electron chi connectivity index (χ4n) is 1.36. The molecule has 0 saturated carbocycles. The van der Waals surface area contributed by atoms with E-state index in [9.17, 15) is 0 Å². The van der Waals surface area contributed by atoms with E-state index in [4.69, 9.17) is 16.6 Å². The molecule has 0 heterocycles. The van der Waals surface area contributed by atoms with Crippen LogP contribution in [0.4, 0.5) is 5.69 Å². The van der Waals surface area contributed by atoms with E-state index >= 15 is 0 Å². The zero-order valence-electron chi connectivity index (χ0n) is 8.13. The second kappa shape index (κ2) is 4.29. The Labute approximate surface area is 92.2 Å². The SMILES string of the molecule is C[C@](N)(CCO)c1ccc(N)cc1Br. The molecule has 4 heteroatoms. The molecule has 0 unspecified atom stereocenters. The van der Waals surface area contributed by atoms with Crippen molar-refractivity contribution in [3.8, 4) is 0 Å². The smallest absolute Gasteiger partial charge is 0.0451 e. The van der Waals surface area contributed by atoms with E-state index in [1.54, 1.807) is 0 Å². The second-order valence-corrected chi connectivity index (χ2v) is 4.48. The van der Waals surface area contributed by atoms with Crippen LogP contribution in [-0.4, -0.2) is 11.7 Å². The van der Waals surface area contributed by atoms with Crippen LogP contribution in [0, 0.1) is 0 Å². The third-order valence-corrected chi connectivity index (χ3v) is 2.90. The first-order valence-electron chi connectivity index (χ1n) is 4.42. The highest BCUT2D eigenvalue weighted by atomic mass is 79.9. The van der Waals surface area contributed by atoms with Crippen LogP contribution in [0.15, 0.2) is 22.7 Å². The molecular weight excluding hydrogens is 244 g/mol. The van der Waals surface area contributed by atoms with Crippen molar-refractivity contribution in [1.82, 2.24) is 0 Å². The highest BCUT2D eigenvalue weighted by molar-refractivity contribution is 9.10. The number of rotatable bonds is 3. The monoisotopic (exact) mass is 258 g/mol. The molecular formula is C10H15BrN2O. The zero-order valence-corrected chi connectivity index (χ0v) is 9.71. The van der Waals surface area contributed by atoms with Crippen LogP contribution in [0.25, 0.3) is 0 Å². The lowest BCUT2D eigenvalue weighted by atomic mass is 9.90. The first-order chi connectivity index (χ1) is 6.47. The standard InChI is InChI=1S/C10H15BrN2O/c1-10(13,4-5-14)8-3-2-7(12)6-9(8)11/h2-3,6,14H,4-5,12-13H2,1H3/t10-/m0/s1. The highest BCUT2D eigenvalue weighted by Crippen LogP contribution is 2.30. The molecule has 5 N–H and O–H groups in total. The number of hydrogen-bond donors (Lipinski definition) is 3. The molecule has 0 aliphatic heterocycles. The van der Waals surface area contributed by atoms with Gasteiger partial charge in [0.25, 0.3) is 0 Å². The van der Waals surface area contributed by atoms with Crippen LogP contribution in [0.2, 0.25) is 0 Å². The summed E-state index contributed by atoms with van der Waals surface area (Å²) < 4.78 is 0.885. The minimum absolute atomic E-state index is 0.0732. The molecule has 14 heavy (non-hydrogen) atoms. The number of nitrogens with two attached hydrogens (primary N) is 2. The van der Waals surface area contributed by atoms with Crippen LogP contribution in [-0.2, 0) is 5.54 Å². The molecule has 1 rings (SSSR count). The Kier molecular flexibility index (Phi) is 3.53. The van der Waals surface area contributed by atoms with Gasteiger partial charge in [-0.3, -0.25) is 0 Å². The first-order valence-corrected chi connectivity index (χ1v) is 5.22. The van der Waals surface area contributed by atoms with Gasteiger partial charge < -0.3 is 16.6 Å². The number of halogens is 1. The number of nitrogen functional groups attached to an aromatic ring is 1. The second-order valence-electron chi connectivity index (χ2n) is 3.63. The minimum Gasteiger partial charge on any atom is -0.399 e. The lowest BCUT2D eigenvalue weighted by Crippen LogP contribution is -2.34. The molecule has 0 aromatic heterocycles. The number of hydrogen-bond acceptors (Lipinski definition) is 3. The summed E-state index contributed by atoms with van der Waals surface area (Å²) in [5.74, 6) is 0. The van der Waals surface area contributed by atoms with E-state index in [-0.39, 0.29) is 6.61 Å². The van der Waals surface area contributed by atoms with Gasteiger partial charge in [-0.25, -0.2) is 0 Å². The van der Waals surface area contributed by atoms with Crippen molar-refractivity contribution in [1.29, 1.82) is 0 Å². The molecule has 0 fully saturated rings. The predicted octanol–water partition coefficient (Wildman–Crippen LogP) is 1.59. The maximum Gasteiger partial charge on any atom is 0.0451 e. The molecule has 0 radical (unpaired) electrons. The van der Waals surface area contributed by atoms with Gasteiger partial charge in [-0.1, -0.05) is 22.0 Å². The fraction of sp³-hybridized carbons (Fsp3) is 0.400. The Hall–Kier alpha value is -0.580. The maximum atomic E-state index is 8.89. The molecule has 0 amide bonds. The van der Waals surface area contributed by atoms with Gasteiger partial charge in [0.15, 0.2) is 0 Å². The predicted molar refractivity (Wildman–Crippen MR) is 61.8 cm³/mol. The molecule has 3 nitrogen and oxygen atoms in total. The molecule has 78 valence electrons. The normalized spacial score (nSPS) is 15.1. The summed E-state index contributed by atoms with van der Waals surface area (Å²) in [6, 6.07) is 5.51. The van der Waals surface area contributed by atoms with Crippen LogP contribution in [0.1, 0.15) is 18.9 Å². The maximum absolute atomic E-state index is 8.89. The number of aliphatic hydroxyl groups excluding tert-OH is 1. The van der Waals surface area contributed by atoms with Crippen LogP contribution in [0.3, 0.4) is 0 Å². The lowest BCUT2D eigenvalue weighted by Gasteiger charge is -2.25. The molecule has 1 aromatic rings. The molecule has 1 atom stereocenters. The number of aliphatic hydroxyl groups is 1. The van der Waals surface area contributed by atoms with E-state index in [1.165, 1.54) is 0 Å². The average molecular weight is 259 g/mol. The Morgan fingerprint density at radius 2 is 2.14 bits per heavy atom. The molecule has 0 saturated heterocycles. The van der Waals surface area contributed by atoms with Crippen molar-refractivity contribution in [2.75, 3.05) is 12.3 Å². The average Bonchev–Trinajstić information content (AvgIpc) is 2.02. The topological polar surface area (TPSA) is 72.3 Å². The summed E-state index contributed by atoms with van der Waals surface area (Å²) >= 11 is 3.41. The summed E-state index contributed by atoms with van der Waals surface area (Å²) in [6.07, 6.45) is 0.523. The Bertz CT molecular complexity index is 326. The summed E-state index contributed by atoms with van der Waals surface area (Å²) in [5.41, 5.74) is 12.8. The van der Waals surface area contributed by atoms with Crippen molar-refractivity contribution in [3.05, 3.63) is 28.2 Å². The van der Waals surface area contributed by atoms with Crippen molar-refractivity contribution in [3.63, 3.8) is 0 Å². The Morgan fingerprint density at radius 3 is 2.64 bits per heavy atom. The number of anilines is 1. The van der Waals surface area contributed by atoms with Gasteiger partial charge in [0, 0.05) is 22.3 Å². The van der Waals surface area contributed by atoms with E-state index in [1.807, 2.05) is 25.1 Å². The molecule has 0 aliphatic rings. The van der Waals surface area contributed by atoms with Gasteiger partial charge >= 0.3 is 0 Å². The number of benzene rings is 1. The third kappa shape index (κ3) is 2.47. The van der Waals surface area contributed by atoms with Gasteiger partial charge in [0.2, 0.25) is 0 Å². The molecule has 0 bridgehead atoms. The van der Waals surface area contributed by atoms with Gasteiger partial charge in [-0.2, -0.15) is 0 Å². The minimum atomic E-state index is -0.527. The van der Waals surface area contributed by atoms with E-state index in [2.05, 4.69) is 15.9 Å². The first kappa shape index (κ1) is 11.5. The summed E-state index contributed by atoms with van der Waals surface area (Å²) in [7, 11) is 0. The molecule has 1 aromatic carbocycles. The summed E-state index contributed by atoms with van der Waals surface area (Å²) in [5, 5.41) is 8.89. The molecule has 0 spiro atoms. The van der Waals surface area contributed by atoms with Crippen molar-refractivity contribution < 1.29 is 5.11 Å². The van der Waals surface area contributed by atoms with Gasteiger partial charge in [0.1, 0.15) is 0 Å². The van der Waals surface area contributed by atoms with Gasteiger partial charge in [0.05, 0.1) is 0 Å². The quantitative estimate of drug-likeness (QED) is 0.722. The van der Waals surface area contributed by atoms with Crippen molar-refractivity contribution in [2.24, 2.45) is 5.73 Å². The Morgan fingerprint density at radius 1 is 1.50 bits per heavy atom. The molecule has 0 aliphatic carbocycles. The zero-order chi connectivity index (χ0) is 10.8. The third-order valence-electron chi connectivity index (χ3n) is 2.24. The Balaban J connectivity index is 3.06. The van der Waals surface area contributed by atoms with Crippen LogP contribution >= 0.6 is 15.9 Å². The van der Waals surface area contributed by atoms with Crippen molar-refractivity contribution >= 4 is 21.6 Å². The van der Waals surface area contributed by atoms with Crippen LogP contribution in [0.5, 0.6) is 0 Å². The largest absolute Gasteiger partial charge is 0.399 e. The summed E-state index contributed by atoms with van der Waals surface area (Å²) in [6.45, 7) is 1.96. The highest BCUT2D eigenvalue weighted by Gasteiger charge is 2.22. The van der Waals surface area contributed by atoms with E-state index in [0.717, 1.165) is 10.0 Å². The van der Waals surface area contributed by atoms with E-state index < -0.39 is 5.54 Å². The lowest BCUT2D eigenvalue weighted by molar-refractivity contribution is 0.247. The van der Waals surface area contributed by atoms with Gasteiger partial charge in [-0.05, 0) is 31.0 Å². The fourth-order valence-corrected chi connectivity index (χ4v) is 2.21. The van der Waals surface area contributed by atoms with Crippen LogP contribution < -0.4 is 11.5 Å². The summed E-state index contributed by atoms with van der Waals surface area (Å²) in [4.78, 5) is 0. The van der Waals surface area contributed by atoms with E-state index in [0.29, 0.717) is 12.1 Å². The van der Waals surface area contributed by atoms with Gasteiger partial charge in [-0.15, -0.1) is 0 Å². The van der Waals surface area contributed by atoms with Crippen molar-refractivity contribution in [2.45, 2.75) is 18.9 Å².